The van der Waals surface area contributed by atoms with Gasteiger partial charge in [-0.15, -0.1) is 0 Å². The van der Waals surface area contributed by atoms with Crippen LogP contribution in [0.4, 0.5) is 0 Å². The van der Waals surface area contributed by atoms with Crippen LogP contribution in [0.2, 0.25) is 0 Å². The molecule has 0 saturated carbocycles. The lowest BCUT2D eigenvalue weighted by atomic mass is 9.89. The topological polar surface area (TPSA) is 83.5 Å². The highest BCUT2D eigenvalue weighted by molar-refractivity contribution is 7.99. The number of carboxylic acid groups (broad SMARTS) is 1. The zero-order chi connectivity index (χ0) is 18.9. The molecule has 0 aliphatic heterocycles. The van der Waals surface area contributed by atoms with Gasteiger partial charge in [0.15, 0.2) is 5.78 Å². The van der Waals surface area contributed by atoms with Crippen molar-refractivity contribution in [2.75, 3.05) is 11.5 Å². The van der Waals surface area contributed by atoms with Gasteiger partial charge in [0, 0.05) is 18.4 Å². The summed E-state index contributed by atoms with van der Waals surface area (Å²) in [5, 5.41) is 11.7. The SMILES string of the molecule is CCSCCC(NC(=O)CCC(=O)c1ccc2c(c1)CCCC2)C(=O)O. The highest BCUT2D eigenvalue weighted by Crippen LogP contribution is 2.23. The number of rotatable bonds is 10. The zero-order valence-corrected chi connectivity index (χ0v) is 16.1. The number of aryl methyl sites for hydroxylation is 2. The van der Waals surface area contributed by atoms with E-state index in [4.69, 9.17) is 0 Å². The van der Waals surface area contributed by atoms with Crippen molar-refractivity contribution in [1.82, 2.24) is 5.32 Å². The Labute approximate surface area is 158 Å². The van der Waals surface area contributed by atoms with Gasteiger partial charge in [-0.05, 0) is 60.8 Å². The maximum absolute atomic E-state index is 12.4. The molecule has 0 saturated heterocycles. The Kier molecular flexibility index (Phi) is 8.16. The number of thioether (sulfide) groups is 1. The van der Waals surface area contributed by atoms with Crippen LogP contribution >= 0.6 is 11.8 Å². The predicted octanol–water partition coefficient (Wildman–Crippen LogP) is 3.24. The van der Waals surface area contributed by atoms with Crippen LogP contribution in [0.5, 0.6) is 0 Å². The van der Waals surface area contributed by atoms with Gasteiger partial charge < -0.3 is 10.4 Å². The van der Waals surface area contributed by atoms with Gasteiger partial charge >= 0.3 is 5.97 Å². The lowest BCUT2D eigenvalue weighted by Gasteiger charge is -2.16. The lowest BCUT2D eigenvalue weighted by Crippen LogP contribution is -2.41. The van der Waals surface area contributed by atoms with Crippen LogP contribution in [0.25, 0.3) is 0 Å². The standard InChI is InChI=1S/C20H27NO4S/c1-2-26-12-11-17(20(24)25)21-19(23)10-9-18(22)16-8-7-14-5-3-4-6-15(14)13-16/h7-8,13,17H,2-6,9-12H2,1H3,(H,21,23)(H,24,25). The van der Waals surface area contributed by atoms with Gasteiger partial charge in [0.1, 0.15) is 6.04 Å². The molecule has 0 aromatic heterocycles. The van der Waals surface area contributed by atoms with E-state index in [1.54, 1.807) is 11.8 Å². The van der Waals surface area contributed by atoms with E-state index in [9.17, 15) is 19.5 Å². The maximum atomic E-state index is 12.4. The number of ketones is 1. The Morgan fingerprint density at radius 2 is 1.88 bits per heavy atom. The summed E-state index contributed by atoms with van der Waals surface area (Å²) in [7, 11) is 0. The Balaban J connectivity index is 1.84. The smallest absolute Gasteiger partial charge is 0.326 e. The van der Waals surface area contributed by atoms with E-state index >= 15 is 0 Å². The molecule has 0 bridgehead atoms. The van der Waals surface area contributed by atoms with Crippen LogP contribution < -0.4 is 5.32 Å². The first-order valence-electron chi connectivity index (χ1n) is 9.26. The quantitative estimate of drug-likeness (QED) is 0.483. The fourth-order valence-electron chi connectivity index (χ4n) is 3.15. The molecule has 6 heteroatoms. The molecule has 1 aromatic carbocycles. The number of carbonyl (C=O) groups excluding carboxylic acids is 2. The summed E-state index contributed by atoms with van der Waals surface area (Å²) in [6.07, 6.45) is 4.92. The third-order valence-corrected chi connectivity index (χ3v) is 5.57. The summed E-state index contributed by atoms with van der Waals surface area (Å²) < 4.78 is 0. The fourth-order valence-corrected chi connectivity index (χ4v) is 3.84. The molecule has 5 nitrogen and oxygen atoms in total. The number of amides is 1. The Hall–Kier alpha value is -1.82. The number of benzene rings is 1. The summed E-state index contributed by atoms with van der Waals surface area (Å²) in [6, 6.07) is 4.93. The number of aliphatic carboxylic acids is 1. The van der Waals surface area contributed by atoms with E-state index in [0.29, 0.717) is 17.7 Å². The molecule has 0 radical (unpaired) electrons. The van der Waals surface area contributed by atoms with Crippen molar-refractivity contribution in [2.24, 2.45) is 0 Å². The predicted molar refractivity (Wildman–Crippen MR) is 104 cm³/mol. The van der Waals surface area contributed by atoms with Gasteiger partial charge in [-0.3, -0.25) is 9.59 Å². The molecule has 26 heavy (non-hydrogen) atoms. The minimum Gasteiger partial charge on any atom is -0.480 e. The number of hydrogen-bond acceptors (Lipinski definition) is 4. The van der Waals surface area contributed by atoms with Gasteiger partial charge in [0.25, 0.3) is 0 Å². The van der Waals surface area contributed by atoms with E-state index in [1.165, 1.54) is 17.5 Å². The Morgan fingerprint density at radius 3 is 2.58 bits per heavy atom. The number of fused-ring (bicyclic) bond motifs is 1. The molecule has 1 atom stereocenters. The van der Waals surface area contributed by atoms with E-state index < -0.39 is 12.0 Å². The maximum Gasteiger partial charge on any atom is 0.326 e. The first kappa shape index (κ1) is 20.5. The molecule has 1 aliphatic carbocycles. The van der Waals surface area contributed by atoms with E-state index in [1.807, 2.05) is 25.1 Å². The number of nitrogens with one attached hydrogen (secondary N) is 1. The summed E-state index contributed by atoms with van der Waals surface area (Å²) >= 11 is 1.64. The summed E-state index contributed by atoms with van der Waals surface area (Å²) in [5.41, 5.74) is 3.21. The Bertz CT molecular complexity index is 659. The third kappa shape index (κ3) is 6.16. The monoisotopic (exact) mass is 377 g/mol. The van der Waals surface area contributed by atoms with Crippen molar-refractivity contribution in [3.05, 3.63) is 34.9 Å². The number of carboxylic acids is 1. The van der Waals surface area contributed by atoms with Gasteiger partial charge in [-0.1, -0.05) is 19.1 Å². The summed E-state index contributed by atoms with van der Waals surface area (Å²) in [4.78, 5) is 35.6. The van der Waals surface area contributed by atoms with Crippen molar-refractivity contribution in [2.45, 2.75) is 57.9 Å². The first-order chi connectivity index (χ1) is 12.5. The molecular weight excluding hydrogens is 350 g/mol. The highest BCUT2D eigenvalue weighted by Gasteiger charge is 2.20. The van der Waals surface area contributed by atoms with Crippen LogP contribution in [0, 0.1) is 0 Å². The second-order valence-electron chi connectivity index (χ2n) is 6.56. The molecular formula is C20H27NO4S. The minimum absolute atomic E-state index is 0.0145. The zero-order valence-electron chi connectivity index (χ0n) is 15.3. The van der Waals surface area contributed by atoms with Gasteiger partial charge in [-0.25, -0.2) is 4.79 Å². The average Bonchev–Trinajstić information content (AvgIpc) is 2.64. The molecule has 1 aromatic rings. The minimum atomic E-state index is -1.03. The van der Waals surface area contributed by atoms with Crippen molar-refractivity contribution < 1.29 is 19.5 Å². The number of carbonyl (C=O) groups is 3. The van der Waals surface area contributed by atoms with Crippen LogP contribution in [-0.4, -0.2) is 40.3 Å². The summed E-state index contributed by atoms with van der Waals surface area (Å²) in [5.74, 6) is 0.111. The normalized spacial score (nSPS) is 14.3. The third-order valence-electron chi connectivity index (χ3n) is 4.64. The van der Waals surface area contributed by atoms with Gasteiger partial charge in [0.2, 0.25) is 5.91 Å². The van der Waals surface area contributed by atoms with E-state index in [0.717, 1.165) is 25.0 Å². The van der Waals surface area contributed by atoms with Crippen molar-refractivity contribution in [1.29, 1.82) is 0 Å². The van der Waals surface area contributed by atoms with Crippen molar-refractivity contribution in [3.8, 4) is 0 Å². The van der Waals surface area contributed by atoms with Gasteiger partial charge in [-0.2, -0.15) is 11.8 Å². The van der Waals surface area contributed by atoms with Gasteiger partial charge in [0.05, 0.1) is 0 Å². The molecule has 1 amide bonds. The lowest BCUT2D eigenvalue weighted by molar-refractivity contribution is -0.141. The molecule has 142 valence electrons. The largest absolute Gasteiger partial charge is 0.480 e. The average molecular weight is 378 g/mol. The molecule has 0 heterocycles. The van der Waals surface area contributed by atoms with Crippen LogP contribution in [0.3, 0.4) is 0 Å². The molecule has 0 fully saturated rings. The molecule has 1 aliphatic rings. The molecule has 2 rings (SSSR count). The second kappa shape index (κ2) is 10.4. The molecule has 0 spiro atoms. The first-order valence-corrected chi connectivity index (χ1v) is 10.4. The number of hydrogen-bond donors (Lipinski definition) is 2. The number of Topliss-reactive ketones (excluding diaryl/α,β-unsaturated/α-hetero) is 1. The molecule has 2 N–H and O–H groups in total. The van der Waals surface area contributed by atoms with Crippen LogP contribution in [-0.2, 0) is 22.4 Å². The van der Waals surface area contributed by atoms with Crippen LogP contribution in [0.15, 0.2) is 18.2 Å². The summed E-state index contributed by atoms with van der Waals surface area (Å²) in [6.45, 7) is 2.01. The highest BCUT2D eigenvalue weighted by atomic mass is 32.2. The van der Waals surface area contributed by atoms with E-state index in [2.05, 4.69) is 5.32 Å². The Morgan fingerprint density at radius 1 is 1.15 bits per heavy atom. The van der Waals surface area contributed by atoms with Crippen molar-refractivity contribution >= 4 is 29.4 Å². The van der Waals surface area contributed by atoms with E-state index in [-0.39, 0.29) is 24.5 Å². The van der Waals surface area contributed by atoms with Crippen molar-refractivity contribution in [3.63, 3.8) is 0 Å². The molecule has 1 unspecified atom stereocenters. The van der Waals surface area contributed by atoms with Crippen LogP contribution in [0.1, 0.15) is 60.5 Å². The fraction of sp³-hybridized carbons (Fsp3) is 0.550. The second-order valence-corrected chi connectivity index (χ2v) is 7.95.